The van der Waals surface area contributed by atoms with E-state index in [0.29, 0.717) is 10.2 Å². The predicted molar refractivity (Wildman–Crippen MR) is 62.1 cm³/mol. The van der Waals surface area contributed by atoms with E-state index < -0.39 is 8.07 Å². The molecule has 0 radical (unpaired) electrons. The Hall–Kier alpha value is 0.137. The van der Waals surface area contributed by atoms with Gasteiger partial charge in [0.15, 0.2) is 0 Å². The van der Waals surface area contributed by atoms with Crippen LogP contribution in [0.3, 0.4) is 0 Å². The standard InChI is InChI=1S/C9H11BrClFSi/c1-13(2,3)9-7(12)5-4-6(10)8(9)11/h4-5H,1-3H3. The molecule has 0 aromatic heterocycles. The third-order valence-electron chi connectivity index (χ3n) is 1.79. The normalized spacial score (nSPS) is 11.8. The first-order valence-corrected chi connectivity index (χ1v) is 8.65. The fourth-order valence-electron chi connectivity index (χ4n) is 1.21. The predicted octanol–water partition coefficient (Wildman–Crippen LogP) is 3.79. The molecule has 0 aliphatic heterocycles. The highest BCUT2D eigenvalue weighted by Gasteiger charge is 2.24. The lowest BCUT2D eigenvalue weighted by Crippen LogP contribution is -2.41. The van der Waals surface area contributed by atoms with Crippen LogP contribution in [0.15, 0.2) is 16.6 Å². The van der Waals surface area contributed by atoms with Crippen LogP contribution in [-0.4, -0.2) is 8.07 Å². The molecule has 0 atom stereocenters. The van der Waals surface area contributed by atoms with Gasteiger partial charge in [-0.15, -0.1) is 0 Å². The lowest BCUT2D eigenvalue weighted by Gasteiger charge is -2.19. The number of rotatable bonds is 1. The molecule has 0 nitrogen and oxygen atoms in total. The second kappa shape index (κ2) is 3.71. The van der Waals surface area contributed by atoms with Crippen LogP contribution in [0.4, 0.5) is 4.39 Å². The van der Waals surface area contributed by atoms with Crippen molar-refractivity contribution in [3.63, 3.8) is 0 Å². The number of hydrogen-bond acceptors (Lipinski definition) is 0. The zero-order valence-corrected chi connectivity index (χ0v) is 11.1. The van der Waals surface area contributed by atoms with Gasteiger partial charge in [0.05, 0.1) is 13.1 Å². The summed E-state index contributed by atoms with van der Waals surface area (Å²) in [6.07, 6.45) is 0. The Bertz CT molecular complexity index is 333. The third-order valence-corrected chi connectivity index (χ3v) is 5.22. The van der Waals surface area contributed by atoms with Crippen molar-refractivity contribution in [1.82, 2.24) is 0 Å². The molecule has 0 unspecified atom stereocenters. The summed E-state index contributed by atoms with van der Waals surface area (Å²) in [5, 5.41) is 1.22. The molecule has 0 N–H and O–H groups in total. The van der Waals surface area contributed by atoms with Crippen molar-refractivity contribution in [1.29, 1.82) is 0 Å². The molecule has 4 heteroatoms. The van der Waals surface area contributed by atoms with Crippen molar-refractivity contribution < 1.29 is 4.39 Å². The van der Waals surface area contributed by atoms with Gasteiger partial charge in [0.1, 0.15) is 5.82 Å². The maximum atomic E-state index is 13.5. The fraction of sp³-hybridized carbons (Fsp3) is 0.333. The maximum Gasteiger partial charge on any atom is 0.123 e. The molecule has 0 heterocycles. The van der Waals surface area contributed by atoms with Crippen LogP contribution in [0, 0.1) is 5.82 Å². The van der Waals surface area contributed by atoms with Gasteiger partial charge in [-0.05, 0) is 33.2 Å². The summed E-state index contributed by atoms with van der Waals surface area (Å²) in [6.45, 7) is 6.22. The highest BCUT2D eigenvalue weighted by atomic mass is 79.9. The SMILES string of the molecule is C[Si](C)(C)c1c(F)ccc(Br)c1Cl. The van der Waals surface area contributed by atoms with E-state index >= 15 is 0 Å². The quantitative estimate of drug-likeness (QED) is 0.543. The van der Waals surface area contributed by atoms with Crippen LogP contribution in [0.25, 0.3) is 0 Å². The molecule has 0 bridgehead atoms. The van der Waals surface area contributed by atoms with E-state index in [4.69, 9.17) is 11.6 Å². The van der Waals surface area contributed by atoms with Crippen molar-refractivity contribution in [2.24, 2.45) is 0 Å². The van der Waals surface area contributed by atoms with Crippen molar-refractivity contribution in [2.75, 3.05) is 0 Å². The van der Waals surface area contributed by atoms with Gasteiger partial charge in [-0.1, -0.05) is 31.2 Å². The Morgan fingerprint density at radius 1 is 1.31 bits per heavy atom. The Kier molecular flexibility index (Phi) is 3.20. The minimum Gasteiger partial charge on any atom is -0.207 e. The zero-order chi connectivity index (χ0) is 10.2. The summed E-state index contributed by atoms with van der Waals surface area (Å²) >= 11 is 9.33. The van der Waals surface area contributed by atoms with Gasteiger partial charge in [0, 0.05) is 4.47 Å². The summed E-state index contributed by atoms with van der Waals surface area (Å²) in [4.78, 5) is 0. The minimum absolute atomic E-state index is 0.188. The van der Waals surface area contributed by atoms with Crippen LogP contribution < -0.4 is 5.19 Å². The first-order chi connectivity index (χ1) is 5.84. The molecular formula is C9H11BrClFSi. The van der Waals surface area contributed by atoms with Gasteiger partial charge in [0.2, 0.25) is 0 Å². The van der Waals surface area contributed by atoms with Crippen molar-refractivity contribution in [2.45, 2.75) is 19.6 Å². The summed E-state index contributed by atoms with van der Waals surface area (Å²) in [5.74, 6) is -0.188. The Morgan fingerprint density at radius 2 is 1.85 bits per heavy atom. The molecule has 0 aliphatic rings. The van der Waals surface area contributed by atoms with E-state index in [1.807, 2.05) is 0 Å². The van der Waals surface area contributed by atoms with E-state index in [2.05, 4.69) is 35.6 Å². The van der Waals surface area contributed by atoms with Crippen LogP contribution in [0.5, 0.6) is 0 Å². The number of hydrogen-bond donors (Lipinski definition) is 0. The van der Waals surface area contributed by atoms with Crippen molar-refractivity contribution in [3.05, 3.63) is 27.4 Å². The number of benzene rings is 1. The molecule has 0 saturated carbocycles. The molecule has 13 heavy (non-hydrogen) atoms. The summed E-state index contributed by atoms with van der Waals surface area (Å²) in [6, 6.07) is 3.10. The first-order valence-electron chi connectivity index (χ1n) is 3.98. The van der Waals surface area contributed by atoms with E-state index in [-0.39, 0.29) is 5.82 Å². The maximum absolute atomic E-state index is 13.5. The summed E-state index contributed by atoms with van der Waals surface area (Å²) < 4.78 is 14.2. The van der Waals surface area contributed by atoms with Crippen LogP contribution >= 0.6 is 27.5 Å². The summed E-state index contributed by atoms with van der Waals surface area (Å²) in [5.41, 5.74) is 0. The fourth-order valence-corrected chi connectivity index (χ4v) is 4.32. The molecule has 0 amide bonds. The van der Waals surface area contributed by atoms with Crippen molar-refractivity contribution in [3.8, 4) is 0 Å². The molecule has 0 saturated heterocycles. The number of halogens is 3. The minimum atomic E-state index is -1.69. The smallest absolute Gasteiger partial charge is 0.123 e. The lowest BCUT2D eigenvalue weighted by molar-refractivity contribution is 0.635. The highest BCUT2D eigenvalue weighted by Crippen LogP contribution is 2.24. The van der Waals surface area contributed by atoms with Gasteiger partial charge in [0.25, 0.3) is 0 Å². The van der Waals surface area contributed by atoms with E-state index in [0.717, 1.165) is 4.47 Å². The Balaban J connectivity index is 3.43. The molecule has 1 aromatic carbocycles. The van der Waals surface area contributed by atoms with E-state index in [1.54, 1.807) is 6.07 Å². The molecule has 72 valence electrons. The Morgan fingerprint density at radius 3 is 2.23 bits per heavy atom. The molecular weight excluding hydrogens is 271 g/mol. The van der Waals surface area contributed by atoms with Gasteiger partial charge in [-0.2, -0.15) is 0 Å². The van der Waals surface area contributed by atoms with E-state index in [1.165, 1.54) is 6.07 Å². The van der Waals surface area contributed by atoms with Gasteiger partial charge in [-0.25, -0.2) is 4.39 Å². The first kappa shape index (κ1) is 11.2. The second-order valence-corrected chi connectivity index (χ2v) is 10.2. The largest absolute Gasteiger partial charge is 0.207 e. The van der Waals surface area contributed by atoms with Gasteiger partial charge >= 0.3 is 0 Å². The molecule has 1 aromatic rings. The average Bonchev–Trinajstić information content (AvgIpc) is 1.95. The van der Waals surface area contributed by atoms with Gasteiger partial charge < -0.3 is 0 Å². The lowest BCUT2D eigenvalue weighted by atomic mass is 10.3. The highest BCUT2D eigenvalue weighted by molar-refractivity contribution is 9.10. The molecule has 1 rings (SSSR count). The molecule has 0 fully saturated rings. The van der Waals surface area contributed by atoms with Gasteiger partial charge in [-0.3, -0.25) is 0 Å². The van der Waals surface area contributed by atoms with E-state index in [9.17, 15) is 4.39 Å². The second-order valence-electron chi connectivity index (χ2n) is 3.97. The average molecular weight is 282 g/mol. The van der Waals surface area contributed by atoms with Crippen LogP contribution in [0.1, 0.15) is 0 Å². The molecule has 0 spiro atoms. The Labute approximate surface area is 92.2 Å². The van der Waals surface area contributed by atoms with Crippen LogP contribution in [0.2, 0.25) is 24.7 Å². The van der Waals surface area contributed by atoms with Crippen molar-refractivity contribution >= 4 is 40.8 Å². The topological polar surface area (TPSA) is 0 Å². The molecule has 0 aliphatic carbocycles. The third kappa shape index (κ3) is 2.33. The van der Waals surface area contributed by atoms with Crippen LogP contribution in [-0.2, 0) is 0 Å². The monoisotopic (exact) mass is 280 g/mol. The zero-order valence-electron chi connectivity index (χ0n) is 7.79. The summed E-state index contributed by atoms with van der Waals surface area (Å²) in [7, 11) is -1.69.